The number of anilines is 1. The molecule has 252 valence electrons. The van der Waals surface area contributed by atoms with E-state index in [2.05, 4.69) is 38.3 Å². The van der Waals surface area contributed by atoms with E-state index in [4.69, 9.17) is 29.2 Å². The number of pyridine rings is 1. The van der Waals surface area contributed by atoms with Crippen LogP contribution >= 0.6 is 0 Å². The molecule has 0 spiro atoms. The SMILES string of the molecule is Cc1cc2[nH]ncc2c2c1[C@H]1C[C@H]1CCOC(=O)N[C@]1(C)CCCN(C1)c1nc(OC[C@H]3CC[C@@H]4COCCN43)nc3c(F)c-2ncc13. The van der Waals surface area contributed by atoms with Gasteiger partial charge in [-0.25, -0.2) is 9.18 Å². The van der Waals surface area contributed by atoms with Crippen LogP contribution in [0.15, 0.2) is 18.5 Å². The summed E-state index contributed by atoms with van der Waals surface area (Å²) in [5.74, 6) is 0.559. The first-order chi connectivity index (χ1) is 23.3. The summed E-state index contributed by atoms with van der Waals surface area (Å²) in [7, 11) is 0. The lowest BCUT2D eigenvalue weighted by Crippen LogP contribution is -2.57. The van der Waals surface area contributed by atoms with Gasteiger partial charge in [-0.2, -0.15) is 15.1 Å². The molecule has 10 rings (SSSR count). The minimum Gasteiger partial charge on any atom is -0.462 e. The molecular formula is C35H41FN8O4. The Bertz CT molecular complexity index is 1920. The number of carbonyl (C=O) groups excluding carboxylic acids is 1. The van der Waals surface area contributed by atoms with Gasteiger partial charge in [0.2, 0.25) is 0 Å². The summed E-state index contributed by atoms with van der Waals surface area (Å²) >= 11 is 0. The molecule has 13 heteroatoms. The number of morpholine rings is 1. The molecule has 5 atom stereocenters. The van der Waals surface area contributed by atoms with Gasteiger partial charge in [0.25, 0.3) is 0 Å². The number of benzene rings is 1. The third-order valence-electron chi connectivity index (χ3n) is 11.3. The molecule has 0 unspecified atom stereocenters. The molecular weight excluding hydrogens is 615 g/mol. The van der Waals surface area contributed by atoms with Gasteiger partial charge >= 0.3 is 12.1 Å². The average molecular weight is 657 g/mol. The standard InChI is InChI=1S/C35H41FN8O4/c1-19-12-26-24(15-38-42-26)28-27(19)23-13-20(23)6-10-47-34(45)41-35(2)7-3-8-43(18-35)32-25-14-37-31(28)29(36)30(25)39-33(40-32)48-17-22-5-4-21-16-46-11-9-44(21)22/h12,14-15,20-23H,3-11,13,16-18H2,1-2H3,(H,38,42)(H,41,45)/t20-,21-,22-,23+,35-/m1/s1. The summed E-state index contributed by atoms with van der Waals surface area (Å²) in [5, 5.41) is 11.9. The Balaban J connectivity index is 1.19. The Morgan fingerprint density at radius 1 is 1.15 bits per heavy atom. The molecule has 5 aliphatic heterocycles. The van der Waals surface area contributed by atoms with Crippen LogP contribution in [0.2, 0.25) is 0 Å². The largest absolute Gasteiger partial charge is 0.462 e. The van der Waals surface area contributed by atoms with Gasteiger partial charge in [-0.1, -0.05) is 0 Å². The summed E-state index contributed by atoms with van der Waals surface area (Å²) in [6, 6.07) is 2.84. The number of nitrogens with one attached hydrogen (secondary N) is 2. The second-order valence-corrected chi connectivity index (χ2v) is 14.6. The fraction of sp³-hybridized carbons (Fsp3) is 0.571. The maximum Gasteiger partial charge on any atom is 0.407 e. The van der Waals surface area contributed by atoms with Crippen molar-refractivity contribution in [2.24, 2.45) is 5.92 Å². The number of aryl methyl sites for hydroxylation is 1. The Morgan fingerprint density at radius 3 is 2.98 bits per heavy atom. The Kier molecular flexibility index (Phi) is 7.19. The lowest BCUT2D eigenvalue weighted by molar-refractivity contribution is -0.0101. The van der Waals surface area contributed by atoms with E-state index in [1.165, 1.54) is 0 Å². The molecule has 1 aromatic carbocycles. The average Bonchev–Trinajstić information content (AvgIpc) is 3.46. The topological polar surface area (TPSA) is 131 Å². The van der Waals surface area contributed by atoms with Gasteiger partial charge in [-0.05, 0) is 81.4 Å². The lowest BCUT2D eigenvalue weighted by atomic mass is 9.90. The van der Waals surface area contributed by atoms with Crippen LogP contribution in [-0.4, -0.2) is 99.8 Å². The van der Waals surface area contributed by atoms with Gasteiger partial charge in [-0.15, -0.1) is 0 Å². The van der Waals surface area contributed by atoms with Crippen molar-refractivity contribution < 1.29 is 23.4 Å². The number of halogens is 1. The molecule has 3 aromatic heterocycles. The van der Waals surface area contributed by atoms with E-state index in [-0.39, 0.29) is 29.2 Å². The van der Waals surface area contributed by atoms with Crippen LogP contribution in [0.25, 0.3) is 33.1 Å². The summed E-state index contributed by atoms with van der Waals surface area (Å²) in [5.41, 5.74) is 3.54. The number of hydrogen-bond acceptors (Lipinski definition) is 10. The molecule has 1 aliphatic carbocycles. The predicted octanol–water partition coefficient (Wildman–Crippen LogP) is 4.85. The molecule has 8 heterocycles. The zero-order valence-electron chi connectivity index (χ0n) is 27.4. The Morgan fingerprint density at radius 2 is 2.06 bits per heavy atom. The van der Waals surface area contributed by atoms with Gasteiger partial charge in [0.05, 0.1) is 42.5 Å². The number of nitrogens with zero attached hydrogens (tertiary/aromatic N) is 6. The van der Waals surface area contributed by atoms with Gasteiger partial charge in [0.15, 0.2) is 5.82 Å². The van der Waals surface area contributed by atoms with Gasteiger partial charge in [0, 0.05) is 48.9 Å². The number of carbonyl (C=O) groups is 1. The van der Waals surface area contributed by atoms with Crippen molar-refractivity contribution in [2.75, 3.05) is 51.0 Å². The molecule has 0 radical (unpaired) electrons. The number of amides is 1. The number of fused-ring (bicyclic) bond motifs is 7. The van der Waals surface area contributed by atoms with Crippen LogP contribution in [0.3, 0.4) is 0 Å². The monoisotopic (exact) mass is 656 g/mol. The smallest absolute Gasteiger partial charge is 0.407 e. The Hall–Kier alpha value is -4.10. The van der Waals surface area contributed by atoms with Crippen LogP contribution in [-0.2, 0) is 9.47 Å². The van der Waals surface area contributed by atoms with Crippen molar-refractivity contribution in [3.63, 3.8) is 0 Å². The third-order valence-corrected chi connectivity index (χ3v) is 11.3. The van der Waals surface area contributed by atoms with Crippen molar-refractivity contribution >= 4 is 33.7 Å². The molecule has 4 fully saturated rings. The maximum absolute atomic E-state index is 17.2. The molecule has 3 saturated heterocycles. The van der Waals surface area contributed by atoms with E-state index < -0.39 is 17.4 Å². The minimum atomic E-state index is -0.564. The molecule has 6 aliphatic rings. The maximum atomic E-state index is 17.2. The van der Waals surface area contributed by atoms with E-state index in [0.29, 0.717) is 56.1 Å². The van der Waals surface area contributed by atoms with E-state index in [1.54, 1.807) is 12.4 Å². The first kappa shape index (κ1) is 30.0. The molecule has 12 nitrogen and oxygen atoms in total. The summed E-state index contributed by atoms with van der Waals surface area (Å²) < 4.78 is 35.0. The second kappa shape index (κ2) is 11.5. The van der Waals surface area contributed by atoms with Gasteiger partial charge < -0.3 is 24.4 Å². The zero-order valence-corrected chi connectivity index (χ0v) is 27.4. The quantitative estimate of drug-likeness (QED) is 0.316. The highest BCUT2D eigenvalue weighted by atomic mass is 19.1. The highest BCUT2D eigenvalue weighted by molar-refractivity contribution is 6.00. The van der Waals surface area contributed by atoms with E-state index in [0.717, 1.165) is 79.3 Å². The fourth-order valence-electron chi connectivity index (χ4n) is 8.80. The molecule has 1 amide bonds. The van der Waals surface area contributed by atoms with Crippen LogP contribution in [0.1, 0.15) is 62.5 Å². The van der Waals surface area contributed by atoms with Gasteiger partial charge in [-0.3, -0.25) is 15.0 Å². The fourth-order valence-corrected chi connectivity index (χ4v) is 8.80. The number of aromatic amines is 1. The minimum absolute atomic E-state index is 0.142. The van der Waals surface area contributed by atoms with Crippen molar-refractivity contribution in [1.82, 2.24) is 35.4 Å². The van der Waals surface area contributed by atoms with Crippen LogP contribution < -0.4 is 15.0 Å². The van der Waals surface area contributed by atoms with E-state index in [1.807, 2.05) is 6.92 Å². The summed E-state index contributed by atoms with van der Waals surface area (Å²) in [6.07, 6.45) is 8.36. The molecule has 1 saturated carbocycles. The highest BCUT2D eigenvalue weighted by Crippen LogP contribution is 2.54. The van der Waals surface area contributed by atoms with Crippen LogP contribution in [0, 0.1) is 18.7 Å². The van der Waals surface area contributed by atoms with E-state index >= 15 is 4.39 Å². The molecule has 6 bridgehead atoms. The summed E-state index contributed by atoms with van der Waals surface area (Å²) in [6.45, 7) is 8.30. The van der Waals surface area contributed by atoms with Gasteiger partial charge in [0.1, 0.15) is 23.6 Å². The van der Waals surface area contributed by atoms with Crippen LogP contribution in [0.5, 0.6) is 6.01 Å². The number of aromatic nitrogens is 5. The first-order valence-electron chi connectivity index (χ1n) is 17.3. The zero-order chi connectivity index (χ0) is 32.6. The number of piperidine rings is 1. The number of hydrogen-bond donors (Lipinski definition) is 2. The van der Waals surface area contributed by atoms with Crippen molar-refractivity contribution in [3.8, 4) is 17.3 Å². The molecule has 48 heavy (non-hydrogen) atoms. The first-order valence-corrected chi connectivity index (χ1v) is 17.3. The number of alkyl carbamates (subject to hydrolysis) is 1. The number of ether oxygens (including phenoxy) is 3. The second-order valence-electron chi connectivity index (χ2n) is 14.6. The number of H-pyrrole nitrogens is 1. The Labute approximate surface area is 277 Å². The molecule has 4 aromatic rings. The van der Waals surface area contributed by atoms with Crippen LogP contribution in [0.4, 0.5) is 15.0 Å². The van der Waals surface area contributed by atoms with E-state index in [9.17, 15) is 4.79 Å². The van der Waals surface area contributed by atoms with Crippen molar-refractivity contribution in [1.29, 1.82) is 0 Å². The molecule has 2 N–H and O–H groups in total. The normalized spacial score (nSPS) is 28.9. The van der Waals surface area contributed by atoms with Crippen molar-refractivity contribution in [2.45, 2.75) is 75.9 Å². The summed E-state index contributed by atoms with van der Waals surface area (Å²) in [4.78, 5) is 32.1. The number of rotatable bonds is 3. The predicted molar refractivity (Wildman–Crippen MR) is 177 cm³/mol. The highest BCUT2D eigenvalue weighted by Gasteiger charge is 2.42. The third kappa shape index (κ3) is 5.13. The lowest BCUT2D eigenvalue weighted by Gasteiger charge is -2.41. The van der Waals surface area contributed by atoms with Crippen molar-refractivity contribution in [3.05, 3.63) is 35.4 Å².